The van der Waals surface area contributed by atoms with Gasteiger partial charge in [0.1, 0.15) is 5.75 Å². The number of para-hydroxylation sites is 1. The summed E-state index contributed by atoms with van der Waals surface area (Å²) in [6, 6.07) is 8.52. The van der Waals surface area contributed by atoms with Gasteiger partial charge in [-0.25, -0.2) is 0 Å². The summed E-state index contributed by atoms with van der Waals surface area (Å²) in [4.78, 5) is 4.89. The van der Waals surface area contributed by atoms with Crippen LogP contribution >= 0.6 is 0 Å². The molecule has 1 saturated carbocycles. The first-order chi connectivity index (χ1) is 12.3. The molecule has 1 fully saturated rings. The first-order valence-corrected chi connectivity index (χ1v) is 9.60. The van der Waals surface area contributed by atoms with Crippen LogP contribution < -0.4 is 15.4 Å². The van der Waals surface area contributed by atoms with E-state index in [1.807, 2.05) is 12.1 Å². The zero-order valence-corrected chi connectivity index (χ0v) is 15.5. The summed E-state index contributed by atoms with van der Waals surface area (Å²) in [6.45, 7) is 8.29. The third-order valence-corrected chi connectivity index (χ3v) is 5.12. The quantitative estimate of drug-likeness (QED) is 0.431. The van der Waals surface area contributed by atoms with Crippen LogP contribution in [0.1, 0.15) is 51.1 Å². The van der Waals surface area contributed by atoms with Crippen LogP contribution in [0, 0.1) is 5.41 Å². The lowest BCUT2D eigenvalue weighted by molar-refractivity contribution is 0.129. The molecule has 1 unspecified atom stereocenters. The summed E-state index contributed by atoms with van der Waals surface area (Å²) in [5.74, 6) is 1.89. The van der Waals surface area contributed by atoms with Crippen LogP contribution in [0.4, 0.5) is 0 Å². The van der Waals surface area contributed by atoms with Gasteiger partial charge < -0.3 is 20.1 Å². The largest absolute Gasteiger partial charge is 0.493 e. The number of hydrogen-bond acceptors (Lipinski definition) is 3. The Hall–Kier alpha value is -1.75. The molecule has 1 aromatic rings. The van der Waals surface area contributed by atoms with E-state index >= 15 is 0 Å². The summed E-state index contributed by atoms with van der Waals surface area (Å²) in [7, 11) is 0. The molecule has 2 aliphatic rings. The van der Waals surface area contributed by atoms with Crippen molar-refractivity contribution in [1.82, 2.24) is 10.6 Å². The Kier molecular flexibility index (Phi) is 6.19. The van der Waals surface area contributed by atoms with Gasteiger partial charge in [-0.15, -0.1) is 0 Å². The van der Waals surface area contributed by atoms with Crippen molar-refractivity contribution < 1.29 is 9.47 Å². The second-order valence-electron chi connectivity index (χ2n) is 7.01. The average molecular weight is 345 g/mol. The summed E-state index contributed by atoms with van der Waals surface area (Å²) in [5, 5.41) is 7.00. The van der Waals surface area contributed by atoms with Gasteiger partial charge in [0.2, 0.25) is 0 Å². The first-order valence-electron chi connectivity index (χ1n) is 9.60. The molecular weight excluding hydrogens is 314 g/mol. The van der Waals surface area contributed by atoms with Crippen molar-refractivity contribution in [3.05, 3.63) is 29.8 Å². The molecule has 0 spiro atoms. The molecule has 1 heterocycles. The lowest BCUT2D eigenvalue weighted by atomic mass is 10.0. The number of ether oxygens (including phenoxy) is 2. The molecule has 2 N–H and O–H groups in total. The molecule has 3 rings (SSSR count). The van der Waals surface area contributed by atoms with Gasteiger partial charge in [-0.3, -0.25) is 4.99 Å². The maximum atomic E-state index is 5.76. The van der Waals surface area contributed by atoms with Crippen LogP contribution in [0.25, 0.3) is 0 Å². The number of benzene rings is 1. The van der Waals surface area contributed by atoms with Crippen LogP contribution in [0.2, 0.25) is 0 Å². The van der Waals surface area contributed by atoms with E-state index in [-0.39, 0.29) is 6.04 Å². The van der Waals surface area contributed by atoms with E-state index in [0.29, 0.717) is 5.41 Å². The second-order valence-corrected chi connectivity index (χ2v) is 7.01. The maximum absolute atomic E-state index is 5.76. The number of hydrogen-bond donors (Lipinski definition) is 2. The fourth-order valence-corrected chi connectivity index (χ4v) is 3.32. The van der Waals surface area contributed by atoms with Gasteiger partial charge in [0.15, 0.2) is 5.96 Å². The number of aliphatic imine (C=N–C) groups is 1. The standard InChI is InChI=1S/C20H31N3O2/c1-3-21-19(22-15-20(10-11-20)12-14-24-4-2)23-17-9-13-25-18-8-6-5-7-16(17)18/h5-8,17H,3-4,9-15H2,1-2H3,(H2,21,22,23). The summed E-state index contributed by atoms with van der Waals surface area (Å²) in [5.41, 5.74) is 1.59. The van der Waals surface area contributed by atoms with E-state index in [0.717, 1.165) is 57.5 Å². The van der Waals surface area contributed by atoms with Gasteiger partial charge in [0, 0.05) is 38.3 Å². The number of nitrogens with zero attached hydrogens (tertiary/aromatic N) is 1. The molecular formula is C20H31N3O2. The van der Waals surface area contributed by atoms with E-state index in [1.54, 1.807) is 0 Å². The van der Waals surface area contributed by atoms with Gasteiger partial charge in [-0.1, -0.05) is 18.2 Å². The van der Waals surface area contributed by atoms with Crippen LogP contribution in [0.3, 0.4) is 0 Å². The number of fused-ring (bicyclic) bond motifs is 1. The monoisotopic (exact) mass is 345 g/mol. The van der Waals surface area contributed by atoms with Crippen molar-refractivity contribution in [3.8, 4) is 5.75 Å². The highest BCUT2D eigenvalue weighted by molar-refractivity contribution is 5.80. The summed E-state index contributed by atoms with van der Waals surface area (Å²) < 4.78 is 11.3. The zero-order chi connectivity index (χ0) is 17.5. The van der Waals surface area contributed by atoms with Crippen LogP contribution in [-0.4, -0.2) is 38.9 Å². The smallest absolute Gasteiger partial charge is 0.191 e. The Labute approximate surface area is 151 Å². The molecule has 1 aromatic carbocycles. The number of nitrogens with one attached hydrogen (secondary N) is 2. The van der Waals surface area contributed by atoms with E-state index in [2.05, 4.69) is 36.6 Å². The maximum Gasteiger partial charge on any atom is 0.191 e. The van der Waals surface area contributed by atoms with Gasteiger partial charge in [-0.05, 0) is 44.6 Å². The highest BCUT2D eigenvalue weighted by atomic mass is 16.5. The molecule has 1 aliphatic heterocycles. The molecule has 5 nitrogen and oxygen atoms in total. The predicted molar refractivity (Wildman–Crippen MR) is 101 cm³/mol. The van der Waals surface area contributed by atoms with Crippen molar-refractivity contribution in [2.45, 2.75) is 45.6 Å². The molecule has 0 saturated heterocycles. The van der Waals surface area contributed by atoms with E-state index in [1.165, 1.54) is 18.4 Å². The molecule has 138 valence electrons. The SMILES string of the molecule is CCNC(=NCC1(CCOCC)CC1)NC1CCOc2ccccc21. The van der Waals surface area contributed by atoms with Crippen molar-refractivity contribution in [2.24, 2.45) is 10.4 Å². The fourth-order valence-electron chi connectivity index (χ4n) is 3.32. The van der Waals surface area contributed by atoms with Gasteiger partial charge in [0.25, 0.3) is 0 Å². The minimum absolute atomic E-state index is 0.251. The highest BCUT2D eigenvalue weighted by Gasteiger charge is 2.42. The number of rotatable bonds is 8. The van der Waals surface area contributed by atoms with Crippen LogP contribution in [0.15, 0.2) is 29.3 Å². The second kappa shape index (κ2) is 8.56. The molecule has 0 radical (unpaired) electrons. The zero-order valence-electron chi connectivity index (χ0n) is 15.5. The summed E-state index contributed by atoms with van der Waals surface area (Å²) in [6.07, 6.45) is 4.60. The van der Waals surface area contributed by atoms with Gasteiger partial charge in [0.05, 0.1) is 12.6 Å². The highest BCUT2D eigenvalue weighted by Crippen LogP contribution is 2.49. The molecule has 0 bridgehead atoms. The Morgan fingerprint density at radius 3 is 2.92 bits per heavy atom. The molecule has 0 amide bonds. The third-order valence-electron chi connectivity index (χ3n) is 5.12. The number of guanidine groups is 1. The minimum Gasteiger partial charge on any atom is -0.493 e. The van der Waals surface area contributed by atoms with Crippen molar-refractivity contribution >= 4 is 5.96 Å². The van der Waals surface area contributed by atoms with Crippen molar-refractivity contribution in [2.75, 3.05) is 32.9 Å². The molecule has 25 heavy (non-hydrogen) atoms. The van der Waals surface area contributed by atoms with E-state index in [4.69, 9.17) is 14.5 Å². The fraction of sp³-hybridized carbons (Fsp3) is 0.650. The Bertz CT molecular complexity index is 584. The van der Waals surface area contributed by atoms with Gasteiger partial charge in [-0.2, -0.15) is 0 Å². The van der Waals surface area contributed by atoms with Crippen LogP contribution in [0.5, 0.6) is 5.75 Å². The molecule has 5 heteroatoms. The van der Waals surface area contributed by atoms with Gasteiger partial charge >= 0.3 is 0 Å². The van der Waals surface area contributed by atoms with Crippen molar-refractivity contribution in [3.63, 3.8) is 0 Å². The Balaban J connectivity index is 1.62. The lowest BCUT2D eigenvalue weighted by Gasteiger charge is -2.28. The van der Waals surface area contributed by atoms with E-state index < -0.39 is 0 Å². The topological polar surface area (TPSA) is 54.9 Å². The predicted octanol–water partition coefficient (Wildman–Crippen LogP) is 3.27. The average Bonchev–Trinajstić information content (AvgIpc) is 3.41. The molecule has 1 atom stereocenters. The lowest BCUT2D eigenvalue weighted by Crippen LogP contribution is -2.41. The first kappa shape index (κ1) is 18.1. The van der Waals surface area contributed by atoms with E-state index in [9.17, 15) is 0 Å². The summed E-state index contributed by atoms with van der Waals surface area (Å²) >= 11 is 0. The third kappa shape index (κ3) is 4.88. The normalized spacial score (nSPS) is 21.2. The molecule has 1 aliphatic carbocycles. The van der Waals surface area contributed by atoms with Crippen molar-refractivity contribution in [1.29, 1.82) is 0 Å². The minimum atomic E-state index is 0.251. The van der Waals surface area contributed by atoms with Crippen LogP contribution in [-0.2, 0) is 4.74 Å². The Morgan fingerprint density at radius 2 is 2.16 bits per heavy atom. The molecule has 0 aromatic heterocycles. The Morgan fingerprint density at radius 1 is 1.32 bits per heavy atom.